The van der Waals surface area contributed by atoms with Crippen molar-refractivity contribution in [1.82, 2.24) is 59.8 Å². The summed E-state index contributed by atoms with van der Waals surface area (Å²) in [5.41, 5.74) is 27.0. The monoisotopic (exact) mass is 1810 g/mol. The standard InChI is InChI=1S/3C42H26N4O/c1-4-12-27(13-5-1)28-20-22-29(23-21-28)38-39-37(34-24-32-18-10-11-19-33(32)25-36(34)47-39)35(26-43-38)42-45-40(30-14-6-2-7-15-30)44-41(46-42)31-16-8-3-9-17-31;1-4-12-27(13-5-1)28-20-22-29(23-21-28)33-24-25-34(37-35-26-32-18-10-11-19-36(32)43-42(35)47-38(33)37)41-45-39(30-14-6-2-7-15-30)44-40(46-41)31-16-8-3-9-17-31;1-4-11-27(12-5-1)28-18-20-29(21-19-28)33-22-23-34(38-35-25-32-17-10-24-43-36(32)26-37(35)47-39(33)38)42-45-40(30-13-6-2-7-14-30)44-41(46-42)31-15-8-3-9-16-31/h3*1-26H. The Morgan fingerprint density at radius 1 is 0.163 bits per heavy atom. The Hall–Kier alpha value is -19.4. The summed E-state index contributed by atoms with van der Waals surface area (Å²) >= 11 is 0. The molecular weight excluding hydrogens is 1730 g/mol. The average molecular weight is 1810 g/mol. The molecule has 0 aliphatic carbocycles. The average Bonchev–Trinajstić information content (AvgIpc) is 1.60. The molecule has 0 saturated carbocycles. The number of para-hydroxylation sites is 1. The van der Waals surface area contributed by atoms with E-state index in [-0.39, 0.29) is 0 Å². The van der Waals surface area contributed by atoms with Crippen molar-refractivity contribution < 1.29 is 13.3 Å². The Bertz CT molecular complexity index is 8320. The molecule has 0 amide bonds. The predicted molar refractivity (Wildman–Crippen MR) is 569 cm³/mol. The molecule has 0 bridgehead atoms. The SMILES string of the molecule is c1ccc(-c2ccc(-c3ccc(-c4nc(-c5ccccc5)nc(-c5ccccc5)n4)c4c3oc3cc5ncccc5cc34)cc2)cc1.c1ccc(-c2ccc(-c3ccc(-c4nc(-c5ccccc5)nc(-c5ccccc5)n4)c4c3oc3nc5ccccc5cc34)cc2)cc1.c1ccc(-c2ccc(-c3ncc(-c4nc(-c5ccccc5)nc(-c5ccccc5)n4)c4c3oc3cc5ccccc5cc34)cc2)cc1. The summed E-state index contributed by atoms with van der Waals surface area (Å²) in [6, 6.07) is 157. The van der Waals surface area contributed by atoms with Gasteiger partial charge >= 0.3 is 0 Å². The highest BCUT2D eigenvalue weighted by molar-refractivity contribution is 6.21. The number of rotatable bonds is 15. The molecule has 0 unspecified atom stereocenters. The first-order valence-electron chi connectivity index (χ1n) is 46.7. The molecule has 660 valence electrons. The van der Waals surface area contributed by atoms with Gasteiger partial charge in [0.1, 0.15) is 28.0 Å². The van der Waals surface area contributed by atoms with Gasteiger partial charge in [-0.3, -0.25) is 9.97 Å². The van der Waals surface area contributed by atoms with Gasteiger partial charge in [0.15, 0.2) is 58.0 Å². The molecule has 15 nitrogen and oxygen atoms in total. The van der Waals surface area contributed by atoms with E-state index in [2.05, 4.69) is 229 Å². The van der Waals surface area contributed by atoms with Crippen LogP contribution in [0, 0.1) is 0 Å². The van der Waals surface area contributed by atoms with E-state index < -0.39 is 0 Å². The summed E-state index contributed by atoms with van der Waals surface area (Å²) in [6.07, 6.45) is 3.69. The first-order chi connectivity index (χ1) is 69.8. The van der Waals surface area contributed by atoms with Gasteiger partial charge in [-0.2, -0.15) is 0 Å². The van der Waals surface area contributed by atoms with Crippen LogP contribution in [0.4, 0.5) is 0 Å². The second kappa shape index (κ2) is 36.4. The maximum atomic E-state index is 6.74. The third-order valence-electron chi connectivity index (χ3n) is 25.7. The lowest BCUT2D eigenvalue weighted by atomic mass is 9.96. The molecule has 27 rings (SSSR count). The van der Waals surface area contributed by atoms with Crippen LogP contribution in [0.25, 0.3) is 268 Å². The van der Waals surface area contributed by atoms with Crippen LogP contribution in [-0.4, -0.2) is 59.8 Å². The summed E-state index contributed by atoms with van der Waals surface area (Å²) in [7, 11) is 0. The van der Waals surface area contributed by atoms with Crippen LogP contribution >= 0.6 is 0 Å². The Morgan fingerprint density at radius 3 is 0.872 bits per heavy atom. The number of hydrogen-bond donors (Lipinski definition) is 0. The van der Waals surface area contributed by atoms with E-state index in [1.54, 1.807) is 0 Å². The van der Waals surface area contributed by atoms with Crippen molar-refractivity contribution in [2.24, 2.45) is 0 Å². The van der Waals surface area contributed by atoms with Crippen LogP contribution in [0.3, 0.4) is 0 Å². The van der Waals surface area contributed by atoms with E-state index in [9.17, 15) is 0 Å². The second-order valence-corrected chi connectivity index (χ2v) is 34.5. The molecule has 9 heterocycles. The first kappa shape index (κ1) is 83.4. The van der Waals surface area contributed by atoms with Crippen LogP contribution < -0.4 is 0 Å². The van der Waals surface area contributed by atoms with E-state index >= 15 is 0 Å². The zero-order valence-corrected chi connectivity index (χ0v) is 75.6. The fraction of sp³-hybridized carbons (Fsp3) is 0. The number of hydrogen-bond acceptors (Lipinski definition) is 15. The first-order valence-corrected chi connectivity index (χ1v) is 46.7. The summed E-state index contributed by atoms with van der Waals surface area (Å²) in [6.45, 7) is 0. The lowest BCUT2D eigenvalue weighted by Gasteiger charge is -2.11. The molecule has 18 aromatic carbocycles. The quantitative estimate of drug-likeness (QED) is 0.0940. The van der Waals surface area contributed by atoms with E-state index in [1.165, 1.54) is 16.7 Å². The zero-order valence-electron chi connectivity index (χ0n) is 75.6. The van der Waals surface area contributed by atoms with Gasteiger partial charge in [-0.25, -0.2) is 49.8 Å². The van der Waals surface area contributed by atoms with Crippen molar-refractivity contribution in [3.05, 3.63) is 473 Å². The fourth-order valence-corrected chi connectivity index (χ4v) is 18.7. The topological polar surface area (TPSA) is 194 Å². The molecule has 27 aromatic rings. The smallest absolute Gasteiger partial charge is 0.227 e. The Kier molecular flexibility index (Phi) is 21.6. The Morgan fingerprint density at radius 2 is 0.447 bits per heavy atom. The van der Waals surface area contributed by atoms with Gasteiger partial charge in [0.25, 0.3) is 0 Å². The molecule has 141 heavy (non-hydrogen) atoms. The van der Waals surface area contributed by atoms with Crippen LogP contribution in [0.1, 0.15) is 0 Å². The minimum atomic E-state index is 0.539. The number of furan rings is 3. The highest BCUT2D eigenvalue weighted by Gasteiger charge is 2.28. The van der Waals surface area contributed by atoms with E-state index in [4.69, 9.17) is 68.1 Å². The molecule has 0 fully saturated rings. The molecule has 0 atom stereocenters. The number of pyridine rings is 3. The maximum Gasteiger partial charge on any atom is 0.227 e. The van der Waals surface area contributed by atoms with Crippen molar-refractivity contribution in [1.29, 1.82) is 0 Å². The van der Waals surface area contributed by atoms with Gasteiger partial charge in [0.2, 0.25) is 5.71 Å². The van der Waals surface area contributed by atoms with Crippen LogP contribution in [0.2, 0.25) is 0 Å². The molecule has 0 spiro atoms. The van der Waals surface area contributed by atoms with Crippen molar-refractivity contribution in [2.45, 2.75) is 0 Å². The van der Waals surface area contributed by atoms with Crippen molar-refractivity contribution in [2.75, 3.05) is 0 Å². The molecule has 0 saturated heterocycles. The minimum Gasteiger partial charge on any atom is -0.455 e. The van der Waals surface area contributed by atoms with E-state index in [1.807, 2.05) is 249 Å². The Labute approximate surface area is 809 Å². The van der Waals surface area contributed by atoms with E-state index in [0.717, 1.165) is 188 Å². The number of aromatic nitrogens is 12. The van der Waals surface area contributed by atoms with Gasteiger partial charge in [-0.15, -0.1) is 0 Å². The fourth-order valence-electron chi connectivity index (χ4n) is 18.7. The number of nitrogens with zero attached hydrogens (tertiary/aromatic N) is 12. The molecule has 15 heteroatoms. The third-order valence-corrected chi connectivity index (χ3v) is 25.7. The van der Waals surface area contributed by atoms with E-state index in [0.29, 0.717) is 63.7 Å². The summed E-state index contributed by atoms with van der Waals surface area (Å²) in [4.78, 5) is 59.7. The van der Waals surface area contributed by atoms with Crippen LogP contribution in [0.15, 0.2) is 487 Å². The lowest BCUT2D eigenvalue weighted by molar-refractivity contribution is 0.657. The van der Waals surface area contributed by atoms with Gasteiger partial charge in [0, 0.05) is 128 Å². The number of fused-ring (bicyclic) bond motifs is 12. The zero-order chi connectivity index (χ0) is 93.5. The van der Waals surface area contributed by atoms with Crippen molar-refractivity contribution in [3.8, 4) is 169 Å². The maximum absolute atomic E-state index is 6.74. The van der Waals surface area contributed by atoms with Crippen molar-refractivity contribution in [3.63, 3.8) is 0 Å². The lowest BCUT2D eigenvalue weighted by Crippen LogP contribution is -2.01. The van der Waals surface area contributed by atoms with Crippen LogP contribution in [-0.2, 0) is 0 Å². The normalized spacial score (nSPS) is 11.4. The minimum absolute atomic E-state index is 0.539. The van der Waals surface area contributed by atoms with Crippen LogP contribution in [0.5, 0.6) is 0 Å². The molecule has 0 aliphatic rings. The Balaban J connectivity index is 0.000000111. The van der Waals surface area contributed by atoms with Gasteiger partial charge in [-0.05, 0) is 116 Å². The largest absolute Gasteiger partial charge is 0.455 e. The van der Waals surface area contributed by atoms with Crippen molar-refractivity contribution >= 4 is 98.5 Å². The highest BCUT2D eigenvalue weighted by atomic mass is 16.3. The molecule has 0 aliphatic heterocycles. The molecule has 9 aromatic heterocycles. The summed E-state index contributed by atoms with van der Waals surface area (Å²) in [5, 5.41) is 10.0. The second-order valence-electron chi connectivity index (χ2n) is 34.5. The third kappa shape index (κ3) is 16.3. The van der Waals surface area contributed by atoms with Gasteiger partial charge in [0.05, 0.1) is 11.0 Å². The van der Waals surface area contributed by atoms with Gasteiger partial charge in [-0.1, -0.05) is 394 Å². The highest BCUT2D eigenvalue weighted by Crippen LogP contribution is 2.48. The predicted octanol–water partition coefficient (Wildman–Crippen LogP) is 32.0. The molecule has 0 N–H and O–H groups in total. The van der Waals surface area contributed by atoms with Gasteiger partial charge < -0.3 is 13.3 Å². The summed E-state index contributed by atoms with van der Waals surface area (Å²) < 4.78 is 20.1. The molecular formula is C126H78N12O3. The number of benzene rings is 18. The molecule has 0 radical (unpaired) electrons. The summed E-state index contributed by atoms with van der Waals surface area (Å²) in [5.74, 6) is 5.35.